The van der Waals surface area contributed by atoms with Gasteiger partial charge in [0.25, 0.3) is 0 Å². The zero-order valence-corrected chi connectivity index (χ0v) is 18.8. The molecule has 0 aliphatic carbocycles. The lowest BCUT2D eigenvalue weighted by atomic mass is 9.97. The molecule has 0 radical (unpaired) electrons. The quantitative estimate of drug-likeness (QED) is 0.338. The molecule has 0 atom stereocenters. The van der Waals surface area contributed by atoms with Gasteiger partial charge in [-0.15, -0.1) is 9.38 Å². The fourth-order valence-electron chi connectivity index (χ4n) is 4.36. The molecule has 6 aromatic rings. The number of oxazole rings is 1. The minimum Gasteiger partial charge on any atom is -0.448 e. The van der Waals surface area contributed by atoms with E-state index in [1.165, 1.54) is 27.6 Å². The van der Waals surface area contributed by atoms with Crippen LogP contribution in [0.5, 0.6) is 0 Å². The van der Waals surface area contributed by atoms with Gasteiger partial charge in [0, 0.05) is 10.9 Å². The number of hydrogen-bond donors (Lipinski definition) is 3. The van der Waals surface area contributed by atoms with E-state index in [0.29, 0.717) is 33.9 Å². The summed E-state index contributed by atoms with van der Waals surface area (Å²) in [4.78, 5) is 22.1. The molecule has 35 heavy (non-hydrogen) atoms. The van der Waals surface area contributed by atoms with Crippen molar-refractivity contribution in [3.8, 4) is 22.4 Å². The van der Waals surface area contributed by atoms with E-state index < -0.39 is 5.69 Å². The SMILES string of the molecule is Cc1ocnc1Cn1[nH]c2c(-c3cc(C)c4[nH]ncc4c3)c(-c3ccc(F)cc3)nc(N)[n+]2c1=O. The minimum absolute atomic E-state index is 0.000982. The topological polar surface area (TPSA) is 136 Å². The average Bonchev–Trinajstić information content (AvgIpc) is 3.55. The molecule has 0 spiro atoms. The van der Waals surface area contributed by atoms with Gasteiger partial charge in [-0.1, -0.05) is 0 Å². The Balaban J connectivity index is 1.68. The highest BCUT2D eigenvalue weighted by Gasteiger charge is 2.27. The van der Waals surface area contributed by atoms with Crippen LogP contribution >= 0.6 is 0 Å². The molecule has 0 amide bonds. The third-order valence-electron chi connectivity index (χ3n) is 6.12. The highest BCUT2D eigenvalue weighted by Crippen LogP contribution is 2.35. The largest absolute Gasteiger partial charge is 0.448 e. The van der Waals surface area contributed by atoms with Gasteiger partial charge in [-0.3, -0.25) is 5.10 Å². The first-order valence-electron chi connectivity index (χ1n) is 10.8. The molecule has 0 bridgehead atoms. The van der Waals surface area contributed by atoms with Gasteiger partial charge >= 0.3 is 11.6 Å². The zero-order valence-electron chi connectivity index (χ0n) is 18.8. The number of anilines is 1. The van der Waals surface area contributed by atoms with E-state index >= 15 is 0 Å². The second kappa shape index (κ2) is 7.62. The number of aryl methyl sites for hydroxylation is 2. The van der Waals surface area contributed by atoms with Gasteiger partial charge in [-0.05, 0) is 61.4 Å². The zero-order chi connectivity index (χ0) is 24.3. The molecule has 0 fully saturated rings. The Bertz CT molecular complexity index is 1790. The highest BCUT2D eigenvalue weighted by molar-refractivity contribution is 5.94. The van der Waals surface area contributed by atoms with E-state index in [1.807, 2.05) is 19.1 Å². The lowest BCUT2D eigenvalue weighted by molar-refractivity contribution is -0.516. The van der Waals surface area contributed by atoms with Crippen LogP contribution in [0.15, 0.2) is 58.2 Å². The van der Waals surface area contributed by atoms with Crippen LogP contribution in [0.25, 0.3) is 38.9 Å². The number of rotatable bonds is 4. The third-order valence-corrected chi connectivity index (χ3v) is 6.12. The molecule has 4 aromatic heterocycles. The van der Waals surface area contributed by atoms with Crippen LogP contribution in [0.4, 0.5) is 10.3 Å². The van der Waals surface area contributed by atoms with Gasteiger partial charge in [0.2, 0.25) is 5.65 Å². The molecular weight excluding hydrogens is 451 g/mol. The van der Waals surface area contributed by atoms with Crippen LogP contribution < -0.4 is 15.8 Å². The summed E-state index contributed by atoms with van der Waals surface area (Å²) in [5.74, 6) is 0.248. The van der Waals surface area contributed by atoms with Crippen LogP contribution in [0.3, 0.4) is 0 Å². The number of aromatic amines is 2. The fourth-order valence-corrected chi connectivity index (χ4v) is 4.36. The Morgan fingerprint density at radius 3 is 2.71 bits per heavy atom. The smallest absolute Gasteiger partial charge is 0.428 e. The van der Waals surface area contributed by atoms with Crippen molar-refractivity contribution in [2.24, 2.45) is 0 Å². The van der Waals surface area contributed by atoms with Crippen LogP contribution in [0, 0.1) is 19.7 Å². The fraction of sp³-hybridized carbons (Fsp3) is 0.125. The van der Waals surface area contributed by atoms with Crippen molar-refractivity contribution in [2.45, 2.75) is 20.4 Å². The van der Waals surface area contributed by atoms with E-state index in [1.54, 1.807) is 25.3 Å². The molecule has 0 saturated carbocycles. The van der Waals surface area contributed by atoms with Crippen molar-refractivity contribution in [1.29, 1.82) is 0 Å². The Morgan fingerprint density at radius 2 is 1.97 bits per heavy atom. The van der Waals surface area contributed by atoms with E-state index in [-0.39, 0.29) is 18.3 Å². The number of benzene rings is 2. The summed E-state index contributed by atoms with van der Waals surface area (Å²) in [6.07, 6.45) is 3.07. The maximum Gasteiger partial charge on any atom is 0.428 e. The normalized spacial score (nSPS) is 11.6. The number of hydrogen-bond acceptors (Lipinski definition) is 6. The van der Waals surface area contributed by atoms with Crippen molar-refractivity contribution in [3.63, 3.8) is 0 Å². The van der Waals surface area contributed by atoms with Gasteiger partial charge in [0.05, 0.1) is 17.3 Å². The molecule has 0 unspecified atom stereocenters. The number of fused-ring (bicyclic) bond motifs is 2. The Morgan fingerprint density at radius 1 is 1.17 bits per heavy atom. The molecule has 11 heteroatoms. The van der Waals surface area contributed by atoms with Crippen molar-refractivity contribution < 1.29 is 13.2 Å². The van der Waals surface area contributed by atoms with Crippen molar-refractivity contribution in [2.75, 3.05) is 5.73 Å². The first kappa shape index (κ1) is 20.8. The molecule has 0 aliphatic rings. The lowest BCUT2D eigenvalue weighted by Crippen LogP contribution is -2.44. The van der Waals surface area contributed by atoms with E-state index in [0.717, 1.165) is 22.0 Å². The highest BCUT2D eigenvalue weighted by atomic mass is 19.1. The number of halogens is 1. The number of nitrogens with zero attached hydrogens (tertiary/aromatic N) is 5. The average molecular weight is 471 g/mol. The summed E-state index contributed by atoms with van der Waals surface area (Å²) in [5, 5.41) is 11.2. The molecule has 0 saturated heterocycles. The Kier molecular flexibility index (Phi) is 4.53. The minimum atomic E-state index is -0.402. The van der Waals surface area contributed by atoms with E-state index in [2.05, 4.69) is 25.3 Å². The number of nitrogen functional groups attached to an aromatic ring is 1. The predicted octanol–water partition coefficient (Wildman–Crippen LogP) is 2.89. The standard InChI is InChI=1S/C24H19FN8O2/c1-12-7-15(8-16-9-28-30-20(12)16)19-21(14-3-5-17(25)6-4-14)29-23(26)33-22(19)31-32(24(33)34)10-18-13(2)35-11-27-18/h3-9,11H,10H2,1-2H3,(H3,26,28,29,30,31)/p+1. The summed E-state index contributed by atoms with van der Waals surface area (Å²) < 4.78 is 21.7. The summed E-state index contributed by atoms with van der Waals surface area (Å²) in [7, 11) is 0. The van der Waals surface area contributed by atoms with E-state index in [9.17, 15) is 9.18 Å². The number of nitrogens with two attached hydrogens (primary N) is 1. The second-order valence-electron chi connectivity index (χ2n) is 8.35. The number of nitrogens with one attached hydrogen (secondary N) is 2. The molecule has 174 valence electrons. The maximum absolute atomic E-state index is 13.7. The van der Waals surface area contributed by atoms with Crippen molar-refractivity contribution in [1.82, 2.24) is 29.9 Å². The lowest BCUT2D eigenvalue weighted by Gasteiger charge is -2.10. The van der Waals surface area contributed by atoms with Gasteiger partial charge in [-0.2, -0.15) is 9.78 Å². The molecule has 0 aliphatic heterocycles. The molecule has 2 aromatic carbocycles. The number of H-pyrrole nitrogens is 2. The van der Waals surface area contributed by atoms with Gasteiger partial charge in [-0.25, -0.2) is 19.3 Å². The van der Waals surface area contributed by atoms with E-state index in [4.69, 9.17) is 10.2 Å². The second-order valence-corrected chi connectivity index (χ2v) is 8.35. The summed E-state index contributed by atoms with van der Waals surface area (Å²) in [6.45, 7) is 3.91. The summed E-state index contributed by atoms with van der Waals surface area (Å²) >= 11 is 0. The van der Waals surface area contributed by atoms with Gasteiger partial charge in [0.1, 0.15) is 29.5 Å². The monoisotopic (exact) mass is 471 g/mol. The summed E-state index contributed by atoms with van der Waals surface area (Å²) in [5.41, 5.74) is 11.4. The first-order chi connectivity index (χ1) is 16.9. The van der Waals surface area contributed by atoms with Crippen LogP contribution in [-0.4, -0.2) is 29.9 Å². The van der Waals surface area contributed by atoms with Gasteiger partial charge < -0.3 is 10.2 Å². The van der Waals surface area contributed by atoms with Crippen molar-refractivity contribution >= 4 is 22.5 Å². The Labute approximate surface area is 196 Å². The third kappa shape index (κ3) is 3.28. The predicted molar refractivity (Wildman–Crippen MR) is 126 cm³/mol. The molecular formula is C24H20FN8O2+. The molecule has 4 N–H and O–H groups in total. The first-order valence-corrected chi connectivity index (χ1v) is 10.8. The molecule has 6 rings (SSSR count). The molecule has 10 nitrogen and oxygen atoms in total. The van der Waals surface area contributed by atoms with Crippen LogP contribution in [-0.2, 0) is 6.54 Å². The Hall–Kier alpha value is -4.80. The van der Waals surface area contributed by atoms with Crippen LogP contribution in [0.2, 0.25) is 0 Å². The maximum atomic E-state index is 13.7. The summed E-state index contributed by atoms with van der Waals surface area (Å²) in [6, 6.07) is 9.93. The van der Waals surface area contributed by atoms with Gasteiger partial charge in [0.15, 0.2) is 6.39 Å². The number of aromatic nitrogens is 7. The van der Waals surface area contributed by atoms with Crippen LogP contribution in [0.1, 0.15) is 17.0 Å². The van der Waals surface area contributed by atoms with Crippen molar-refractivity contribution in [3.05, 3.63) is 82.3 Å². The molecule has 4 heterocycles.